The van der Waals surface area contributed by atoms with Gasteiger partial charge in [-0.05, 0) is 30.2 Å². The van der Waals surface area contributed by atoms with E-state index in [9.17, 15) is 0 Å². The molecule has 1 fully saturated rings. The first-order valence-corrected chi connectivity index (χ1v) is 7.38. The fourth-order valence-electron chi connectivity index (χ4n) is 2.74. The molecule has 3 rings (SSSR count). The van der Waals surface area contributed by atoms with Gasteiger partial charge >= 0.3 is 0 Å². The number of nitrogens with two attached hydrogens (primary N) is 1. The van der Waals surface area contributed by atoms with Crippen LogP contribution in [0.25, 0.3) is 0 Å². The molecule has 0 atom stereocenters. The molecule has 3 heterocycles. The van der Waals surface area contributed by atoms with Gasteiger partial charge in [0.25, 0.3) is 0 Å². The molecule has 0 bridgehead atoms. The fourth-order valence-corrected chi connectivity index (χ4v) is 2.74. The molecule has 5 heteroatoms. The molecule has 0 saturated carbocycles. The molecule has 0 unspecified atom stereocenters. The highest BCUT2D eigenvalue weighted by Crippen LogP contribution is 2.22. The van der Waals surface area contributed by atoms with Gasteiger partial charge in [-0.1, -0.05) is 0 Å². The number of nitrogen functional groups attached to an aromatic ring is 1. The van der Waals surface area contributed by atoms with Gasteiger partial charge in [0.15, 0.2) is 0 Å². The summed E-state index contributed by atoms with van der Waals surface area (Å²) in [7, 11) is 0. The minimum atomic E-state index is 0.766. The lowest BCUT2D eigenvalue weighted by molar-refractivity contribution is 0.261. The number of piperazine rings is 1. The maximum atomic E-state index is 6.00. The first kappa shape index (κ1) is 13.8. The molecule has 1 saturated heterocycles. The summed E-state index contributed by atoms with van der Waals surface area (Å²) in [4.78, 5) is 13.0. The van der Waals surface area contributed by atoms with Crippen molar-refractivity contribution >= 4 is 11.4 Å². The fraction of sp³-hybridized carbons (Fsp3) is 0.375. The van der Waals surface area contributed by atoms with E-state index in [1.165, 1.54) is 5.56 Å². The van der Waals surface area contributed by atoms with Crippen LogP contribution in [0.5, 0.6) is 0 Å². The zero-order valence-electron chi connectivity index (χ0n) is 12.2. The third-order valence-electron chi connectivity index (χ3n) is 4.01. The standard InChI is InChI=1S/C16H21N5/c17-15-13-19-7-3-16(15)21-11-9-20(10-12-21)8-4-14-1-5-18-6-2-14/h1-3,5-7,13H,4,8-12,17H2. The number of rotatable bonds is 4. The quantitative estimate of drug-likeness (QED) is 0.919. The van der Waals surface area contributed by atoms with E-state index in [1.807, 2.05) is 24.7 Å². The van der Waals surface area contributed by atoms with Crippen LogP contribution in [0, 0.1) is 0 Å². The van der Waals surface area contributed by atoms with E-state index >= 15 is 0 Å². The molecule has 2 aromatic heterocycles. The predicted octanol–water partition coefficient (Wildman–Crippen LogP) is 1.42. The Balaban J connectivity index is 1.50. The van der Waals surface area contributed by atoms with Crippen LogP contribution in [-0.4, -0.2) is 47.6 Å². The molecule has 0 spiro atoms. The Morgan fingerprint density at radius 3 is 2.38 bits per heavy atom. The summed E-state index contributed by atoms with van der Waals surface area (Å²) in [6.07, 6.45) is 8.34. The summed E-state index contributed by atoms with van der Waals surface area (Å²) in [5.41, 5.74) is 9.23. The Labute approximate surface area is 125 Å². The van der Waals surface area contributed by atoms with Gasteiger partial charge in [-0.2, -0.15) is 0 Å². The lowest BCUT2D eigenvalue weighted by Crippen LogP contribution is -2.47. The first-order chi connectivity index (χ1) is 10.3. The van der Waals surface area contributed by atoms with Crippen LogP contribution in [-0.2, 0) is 6.42 Å². The number of aromatic nitrogens is 2. The maximum Gasteiger partial charge on any atom is 0.0738 e. The van der Waals surface area contributed by atoms with Gasteiger partial charge in [-0.25, -0.2) is 0 Å². The molecule has 2 N–H and O–H groups in total. The molecule has 21 heavy (non-hydrogen) atoms. The van der Waals surface area contributed by atoms with Crippen molar-refractivity contribution < 1.29 is 0 Å². The third kappa shape index (κ3) is 3.49. The molecule has 110 valence electrons. The Morgan fingerprint density at radius 2 is 1.67 bits per heavy atom. The zero-order chi connectivity index (χ0) is 14.5. The molecule has 0 aliphatic carbocycles. The normalized spacial score (nSPS) is 16.1. The predicted molar refractivity (Wildman–Crippen MR) is 85.2 cm³/mol. The monoisotopic (exact) mass is 283 g/mol. The van der Waals surface area contributed by atoms with E-state index in [-0.39, 0.29) is 0 Å². The SMILES string of the molecule is Nc1cnccc1N1CCN(CCc2ccncc2)CC1. The molecule has 2 aromatic rings. The summed E-state index contributed by atoms with van der Waals surface area (Å²) in [6.45, 7) is 5.29. The third-order valence-corrected chi connectivity index (χ3v) is 4.01. The van der Waals surface area contributed by atoms with Crippen LogP contribution >= 0.6 is 0 Å². The highest BCUT2D eigenvalue weighted by molar-refractivity contribution is 5.66. The van der Waals surface area contributed by atoms with Crippen molar-refractivity contribution in [3.8, 4) is 0 Å². The lowest BCUT2D eigenvalue weighted by Gasteiger charge is -2.36. The van der Waals surface area contributed by atoms with Crippen molar-refractivity contribution in [2.24, 2.45) is 0 Å². The Morgan fingerprint density at radius 1 is 0.952 bits per heavy atom. The molecular weight excluding hydrogens is 262 g/mol. The second-order valence-electron chi connectivity index (χ2n) is 5.37. The zero-order valence-corrected chi connectivity index (χ0v) is 12.2. The number of hydrogen-bond acceptors (Lipinski definition) is 5. The van der Waals surface area contributed by atoms with Crippen LogP contribution < -0.4 is 10.6 Å². The smallest absolute Gasteiger partial charge is 0.0738 e. The molecule has 0 radical (unpaired) electrons. The van der Waals surface area contributed by atoms with Gasteiger partial charge in [-0.15, -0.1) is 0 Å². The van der Waals surface area contributed by atoms with Crippen molar-refractivity contribution in [2.75, 3.05) is 43.4 Å². The van der Waals surface area contributed by atoms with E-state index in [1.54, 1.807) is 6.20 Å². The van der Waals surface area contributed by atoms with Gasteiger partial charge in [0.2, 0.25) is 0 Å². The van der Waals surface area contributed by atoms with E-state index in [0.29, 0.717) is 0 Å². The topological polar surface area (TPSA) is 58.3 Å². The van der Waals surface area contributed by atoms with Gasteiger partial charge in [0.1, 0.15) is 0 Å². The summed E-state index contributed by atoms with van der Waals surface area (Å²) in [5.74, 6) is 0. The molecule has 5 nitrogen and oxygen atoms in total. The van der Waals surface area contributed by atoms with Crippen LogP contribution in [0.15, 0.2) is 43.0 Å². The van der Waals surface area contributed by atoms with Crippen molar-refractivity contribution in [1.29, 1.82) is 0 Å². The summed E-state index contributed by atoms with van der Waals surface area (Å²) in [5, 5.41) is 0. The number of pyridine rings is 2. The number of hydrogen-bond donors (Lipinski definition) is 1. The van der Waals surface area contributed by atoms with E-state index in [4.69, 9.17) is 5.73 Å². The van der Waals surface area contributed by atoms with Crippen molar-refractivity contribution in [3.63, 3.8) is 0 Å². The van der Waals surface area contributed by atoms with Gasteiger partial charge < -0.3 is 10.6 Å². The van der Waals surface area contributed by atoms with Gasteiger partial charge in [-0.3, -0.25) is 14.9 Å². The molecule has 1 aliphatic rings. The minimum absolute atomic E-state index is 0.766. The average Bonchev–Trinajstić information content (AvgIpc) is 2.55. The van der Waals surface area contributed by atoms with E-state index in [0.717, 1.165) is 50.5 Å². The Kier molecular flexibility index (Phi) is 4.31. The molecule has 0 amide bonds. The summed E-state index contributed by atoms with van der Waals surface area (Å²) in [6, 6.07) is 6.18. The minimum Gasteiger partial charge on any atom is -0.396 e. The highest BCUT2D eigenvalue weighted by Gasteiger charge is 2.18. The average molecular weight is 283 g/mol. The number of nitrogens with zero attached hydrogens (tertiary/aromatic N) is 4. The highest BCUT2D eigenvalue weighted by atomic mass is 15.3. The second-order valence-corrected chi connectivity index (χ2v) is 5.37. The Hall–Kier alpha value is -2.14. The van der Waals surface area contributed by atoms with Crippen LogP contribution in [0.2, 0.25) is 0 Å². The van der Waals surface area contributed by atoms with Crippen molar-refractivity contribution in [2.45, 2.75) is 6.42 Å². The van der Waals surface area contributed by atoms with Crippen LogP contribution in [0.3, 0.4) is 0 Å². The summed E-state index contributed by atoms with van der Waals surface area (Å²) < 4.78 is 0. The molecular formula is C16H21N5. The Bertz CT molecular complexity index is 564. The summed E-state index contributed by atoms with van der Waals surface area (Å²) >= 11 is 0. The van der Waals surface area contributed by atoms with Gasteiger partial charge in [0.05, 0.1) is 17.6 Å². The van der Waals surface area contributed by atoms with Crippen molar-refractivity contribution in [1.82, 2.24) is 14.9 Å². The number of anilines is 2. The van der Waals surface area contributed by atoms with Gasteiger partial charge in [0, 0.05) is 51.3 Å². The van der Waals surface area contributed by atoms with Crippen molar-refractivity contribution in [3.05, 3.63) is 48.5 Å². The largest absolute Gasteiger partial charge is 0.396 e. The molecule has 0 aromatic carbocycles. The first-order valence-electron chi connectivity index (χ1n) is 7.38. The lowest BCUT2D eigenvalue weighted by atomic mass is 10.2. The maximum absolute atomic E-state index is 6.00. The van der Waals surface area contributed by atoms with Crippen LogP contribution in [0.4, 0.5) is 11.4 Å². The van der Waals surface area contributed by atoms with E-state index < -0.39 is 0 Å². The molecule has 1 aliphatic heterocycles. The second kappa shape index (κ2) is 6.54. The van der Waals surface area contributed by atoms with E-state index in [2.05, 4.69) is 31.9 Å². The van der Waals surface area contributed by atoms with Crippen LogP contribution in [0.1, 0.15) is 5.56 Å².